The molecule has 3 rings (SSSR count). The molecule has 0 spiro atoms. The summed E-state index contributed by atoms with van der Waals surface area (Å²) in [5.74, 6) is 0.189. The average molecular weight is 334 g/mol. The van der Waals surface area contributed by atoms with E-state index in [9.17, 15) is 14.0 Å². The summed E-state index contributed by atoms with van der Waals surface area (Å²) in [5.41, 5.74) is 6.35. The number of benzene rings is 1. The van der Waals surface area contributed by atoms with E-state index in [-0.39, 0.29) is 41.9 Å². The quantitative estimate of drug-likeness (QED) is 0.836. The number of methoxy groups -OCH3 is 1. The van der Waals surface area contributed by atoms with Gasteiger partial charge in [-0.3, -0.25) is 9.59 Å². The van der Waals surface area contributed by atoms with Crippen LogP contribution < -0.4 is 10.5 Å². The molecule has 0 radical (unpaired) electrons. The predicted molar refractivity (Wildman–Crippen MR) is 87.3 cm³/mol. The fourth-order valence-electron chi connectivity index (χ4n) is 3.87. The van der Waals surface area contributed by atoms with E-state index in [2.05, 4.69) is 0 Å². The number of hydrogen-bond acceptors (Lipinski definition) is 4. The highest BCUT2D eigenvalue weighted by molar-refractivity contribution is 5.98. The minimum absolute atomic E-state index is 0.0149. The predicted octanol–water partition coefficient (Wildman–Crippen LogP) is 1.99. The molecule has 1 heterocycles. The van der Waals surface area contributed by atoms with Gasteiger partial charge in [0.2, 0.25) is 5.91 Å². The van der Waals surface area contributed by atoms with E-state index in [1.807, 2.05) is 4.90 Å². The molecule has 3 atom stereocenters. The highest BCUT2D eigenvalue weighted by atomic mass is 19.1. The third kappa shape index (κ3) is 3.29. The number of rotatable bonds is 5. The van der Waals surface area contributed by atoms with Gasteiger partial charge in [-0.15, -0.1) is 0 Å². The van der Waals surface area contributed by atoms with Crippen LogP contribution in [0.25, 0.3) is 0 Å². The van der Waals surface area contributed by atoms with Gasteiger partial charge in [-0.2, -0.15) is 0 Å². The summed E-state index contributed by atoms with van der Waals surface area (Å²) in [4.78, 5) is 26.3. The van der Waals surface area contributed by atoms with Crippen LogP contribution in [0.3, 0.4) is 0 Å². The zero-order chi connectivity index (χ0) is 17.3. The first-order valence-corrected chi connectivity index (χ1v) is 8.39. The second-order valence-corrected chi connectivity index (χ2v) is 6.74. The molecular formula is C18H23FN2O3. The van der Waals surface area contributed by atoms with Gasteiger partial charge in [0.1, 0.15) is 0 Å². The molecule has 1 amide bonds. The number of ether oxygens (including phenoxy) is 1. The minimum Gasteiger partial charge on any atom is -0.494 e. The number of carbonyl (C=O) groups excluding carboxylic acids is 2. The maximum Gasteiger partial charge on any atom is 0.223 e. The standard InChI is InChI=1S/C18H23FN2O3/c1-24-17-6-3-11(8-14(17)19)16(22)5-7-18(23)21-9-12-2-4-15(20)13(12)10-21/h3,6,8,12-13,15H,2,4-5,7,9-10,20H2,1H3. The first kappa shape index (κ1) is 16.9. The molecule has 0 bridgehead atoms. The summed E-state index contributed by atoms with van der Waals surface area (Å²) in [5, 5.41) is 0. The van der Waals surface area contributed by atoms with Crippen molar-refractivity contribution in [2.75, 3.05) is 20.2 Å². The fraction of sp³-hybridized carbons (Fsp3) is 0.556. The van der Waals surface area contributed by atoms with Crippen molar-refractivity contribution in [1.29, 1.82) is 0 Å². The number of Topliss-reactive ketones (excluding diaryl/α,β-unsaturated/α-hetero) is 1. The molecule has 2 fully saturated rings. The summed E-state index contributed by atoms with van der Waals surface area (Å²) in [6, 6.07) is 4.29. The molecule has 6 heteroatoms. The zero-order valence-electron chi connectivity index (χ0n) is 13.8. The van der Waals surface area contributed by atoms with Gasteiger partial charge in [-0.05, 0) is 42.9 Å². The van der Waals surface area contributed by atoms with Crippen LogP contribution in [-0.4, -0.2) is 42.8 Å². The molecule has 1 saturated carbocycles. The average Bonchev–Trinajstić information content (AvgIpc) is 3.14. The lowest BCUT2D eigenvalue weighted by Gasteiger charge is -2.18. The van der Waals surface area contributed by atoms with Crippen molar-refractivity contribution in [3.8, 4) is 5.75 Å². The minimum atomic E-state index is -0.573. The van der Waals surface area contributed by atoms with Crippen LogP contribution in [0.5, 0.6) is 5.75 Å². The molecule has 5 nitrogen and oxygen atoms in total. The zero-order valence-corrected chi connectivity index (χ0v) is 13.8. The Morgan fingerprint density at radius 1 is 1.29 bits per heavy atom. The van der Waals surface area contributed by atoms with Crippen LogP contribution in [0.1, 0.15) is 36.0 Å². The smallest absolute Gasteiger partial charge is 0.223 e. The number of hydrogen-bond donors (Lipinski definition) is 1. The van der Waals surface area contributed by atoms with Gasteiger partial charge in [-0.25, -0.2) is 4.39 Å². The van der Waals surface area contributed by atoms with Gasteiger partial charge in [0.25, 0.3) is 0 Å². The highest BCUT2D eigenvalue weighted by Crippen LogP contribution is 2.37. The molecule has 1 aliphatic heterocycles. The van der Waals surface area contributed by atoms with Crippen molar-refractivity contribution >= 4 is 11.7 Å². The van der Waals surface area contributed by atoms with Crippen molar-refractivity contribution in [2.24, 2.45) is 17.6 Å². The number of halogens is 1. The van der Waals surface area contributed by atoms with Gasteiger partial charge >= 0.3 is 0 Å². The van der Waals surface area contributed by atoms with Crippen molar-refractivity contribution in [1.82, 2.24) is 4.90 Å². The normalized spacial score (nSPS) is 25.6. The highest BCUT2D eigenvalue weighted by Gasteiger charge is 2.42. The van der Waals surface area contributed by atoms with Crippen LogP contribution >= 0.6 is 0 Å². The number of ketones is 1. The lowest BCUT2D eigenvalue weighted by molar-refractivity contribution is -0.130. The Kier molecular flexibility index (Phi) is 4.85. The second-order valence-electron chi connectivity index (χ2n) is 6.74. The number of carbonyl (C=O) groups is 2. The van der Waals surface area contributed by atoms with Crippen molar-refractivity contribution < 1.29 is 18.7 Å². The monoisotopic (exact) mass is 334 g/mol. The first-order chi connectivity index (χ1) is 11.5. The van der Waals surface area contributed by atoms with Gasteiger partial charge < -0.3 is 15.4 Å². The number of likely N-dealkylation sites (tertiary alicyclic amines) is 1. The summed E-state index contributed by atoms with van der Waals surface area (Å²) in [6.45, 7) is 1.46. The number of nitrogens with zero attached hydrogens (tertiary/aromatic N) is 1. The van der Waals surface area contributed by atoms with Crippen LogP contribution in [-0.2, 0) is 4.79 Å². The molecular weight excluding hydrogens is 311 g/mol. The third-order valence-corrected chi connectivity index (χ3v) is 5.30. The molecule has 2 N–H and O–H groups in total. The second kappa shape index (κ2) is 6.89. The maximum absolute atomic E-state index is 13.7. The largest absolute Gasteiger partial charge is 0.494 e. The van der Waals surface area contributed by atoms with Crippen LogP contribution in [0.15, 0.2) is 18.2 Å². The van der Waals surface area contributed by atoms with E-state index in [0.29, 0.717) is 18.4 Å². The Morgan fingerprint density at radius 2 is 2.08 bits per heavy atom. The van der Waals surface area contributed by atoms with E-state index in [1.165, 1.54) is 19.2 Å². The van der Waals surface area contributed by atoms with E-state index in [0.717, 1.165) is 25.5 Å². The number of amides is 1. The summed E-state index contributed by atoms with van der Waals surface area (Å²) < 4.78 is 18.5. The molecule has 1 aromatic rings. The van der Waals surface area contributed by atoms with E-state index >= 15 is 0 Å². The Hall–Kier alpha value is -1.95. The molecule has 3 unspecified atom stereocenters. The molecule has 0 aromatic heterocycles. The molecule has 1 saturated heterocycles. The summed E-state index contributed by atoms with van der Waals surface area (Å²) in [7, 11) is 1.37. The Morgan fingerprint density at radius 3 is 2.75 bits per heavy atom. The van der Waals surface area contributed by atoms with Crippen LogP contribution in [0.4, 0.5) is 4.39 Å². The maximum atomic E-state index is 13.7. The van der Waals surface area contributed by atoms with Gasteiger partial charge in [0.05, 0.1) is 7.11 Å². The summed E-state index contributed by atoms with van der Waals surface area (Å²) >= 11 is 0. The number of nitrogens with two attached hydrogens (primary N) is 1. The van der Waals surface area contributed by atoms with Crippen molar-refractivity contribution in [3.05, 3.63) is 29.6 Å². The number of fused-ring (bicyclic) bond motifs is 1. The van der Waals surface area contributed by atoms with Gasteiger partial charge in [0, 0.05) is 37.5 Å². The van der Waals surface area contributed by atoms with Gasteiger partial charge in [0.15, 0.2) is 17.3 Å². The van der Waals surface area contributed by atoms with Crippen LogP contribution in [0, 0.1) is 17.7 Å². The SMILES string of the molecule is COc1ccc(C(=O)CCC(=O)N2CC3CCC(N)C3C2)cc1F. The molecule has 2 aliphatic rings. The Labute approximate surface area is 141 Å². The molecule has 24 heavy (non-hydrogen) atoms. The van der Waals surface area contributed by atoms with Gasteiger partial charge in [-0.1, -0.05) is 0 Å². The van der Waals surface area contributed by atoms with Crippen molar-refractivity contribution in [3.63, 3.8) is 0 Å². The molecule has 1 aliphatic carbocycles. The van der Waals surface area contributed by atoms with E-state index in [1.54, 1.807) is 0 Å². The summed E-state index contributed by atoms with van der Waals surface area (Å²) in [6.07, 6.45) is 2.36. The van der Waals surface area contributed by atoms with E-state index < -0.39 is 5.82 Å². The fourth-order valence-corrected chi connectivity index (χ4v) is 3.87. The lowest BCUT2D eigenvalue weighted by Crippen LogP contribution is -2.33. The Balaban J connectivity index is 1.53. The van der Waals surface area contributed by atoms with E-state index in [4.69, 9.17) is 10.5 Å². The third-order valence-electron chi connectivity index (χ3n) is 5.30. The lowest BCUT2D eigenvalue weighted by atomic mass is 9.98. The molecule has 130 valence electrons. The van der Waals surface area contributed by atoms with Crippen molar-refractivity contribution in [2.45, 2.75) is 31.7 Å². The first-order valence-electron chi connectivity index (χ1n) is 8.39. The molecule has 1 aromatic carbocycles. The van der Waals surface area contributed by atoms with Crippen LogP contribution in [0.2, 0.25) is 0 Å². The topological polar surface area (TPSA) is 72.6 Å². The Bertz CT molecular complexity index is 649.